The van der Waals surface area contributed by atoms with Crippen LogP contribution in [-0.2, 0) is 15.8 Å². The number of halogens is 4. The lowest BCUT2D eigenvalue weighted by molar-refractivity contribution is -0.137. The van der Waals surface area contributed by atoms with Gasteiger partial charge < -0.3 is 15.1 Å². The van der Waals surface area contributed by atoms with Crippen LogP contribution in [0.25, 0.3) is 0 Å². The van der Waals surface area contributed by atoms with Crippen LogP contribution in [0.3, 0.4) is 0 Å². The fourth-order valence-corrected chi connectivity index (χ4v) is 3.94. The third-order valence-electron chi connectivity index (χ3n) is 5.48. The van der Waals surface area contributed by atoms with Crippen molar-refractivity contribution in [3.05, 3.63) is 59.4 Å². The molecule has 2 aliphatic heterocycles. The second-order valence-electron chi connectivity index (χ2n) is 7.40. The summed E-state index contributed by atoms with van der Waals surface area (Å²) in [6, 6.07) is 9.06. The Morgan fingerprint density at radius 3 is 2.47 bits per heavy atom. The fraction of sp³-hybridized carbons (Fsp3) is 0.333. The van der Waals surface area contributed by atoms with Gasteiger partial charge in [-0.3, -0.25) is 9.59 Å². The van der Waals surface area contributed by atoms with Crippen LogP contribution in [-0.4, -0.2) is 42.9 Å². The molecule has 1 N–H and O–H groups in total. The molecule has 9 heteroatoms. The summed E-state index contributed by atoms with van der Waals surface area (Å²) in [6.45, 7) is 1.40. The van der Waals surface area contributed by atoms with E-state index in [1.165, 1.54) is 24.3 Å². The number of benzene rings is 2. The zero-order valence-corrected chi connectivity index (χ0v) is 15.9. The molecule has 0 radical (unpaired) electrons. The third-order valence-corrected chi connectivity index (χ3v) is 5.48. The van der Waals surface area contributed by atoms with Gasteiger partial charge in [0.05, 0.1) is 11.5 Å². The van der Waals surface area contributed by atoms with E-state index in [1.807, 2.05) is 0 Å². The lowest BCUT2D eigenvalue weighted by atomic mass is 9.89. The zero-order chi connectivity index (χ0) is 21.5. The van der Waals surface area contributed by atoms with E-state index in [1.54, 1.807) is 15.9 Å². The molecule has 0 aromatic heterocycles. The maximum Gasteiger partial charge on any atom is 0.416 e. The number of nitrogens with one attached hydrogen (secondary N) is 1. The van der Waals surface area contributed by atoms with Gasteiger partial charge in [0.2, 0.25) is 11.8 Å². The molecule has 1 unspecified atom stereocenters. The summed E-state index contributed by atoms with van der Waals surface area (Å²) in [5.74, 6) is -1.79. The molecule has 2 aliphatic rings. The smallest absolute Gasteiger partial charge is 0.368 e. The van der Waals surface area contributed by atoms with Gasteiger partial charge in [0, 0.05) is 44.0 Å². The molecule has 0 bridgehead atoms. The van der Waals surface area contributed by atoms with Gasteiger partial charge in [0.25, 0.3) is 0 Å². The van der Waals surface area contributed by atoms with Crippen molar-refractivity contribution in [1.29, 1.82) is 0 Å². The second kappa shape index (κ2) is 7.62. The Morgan fingerprint density at radius 1 is 1.03 bits per heavy atom. The highest BCUT2D eigenvalue weighted by molar-refractivity contribution is 6.01. The van der Waals surface area contributed by atoms with E-state index >= 15 is 0 Å². The molecule has 0 aliphatic carbocycles. The van der Waals surface area contributed by atoms with Gasteiger partial charge >= 0.3 is 6.18 Å². The Balaban J connectivity index is 1.46. The molecule has 158 valence electrons. The van der Waals surface area contributed by atoms with E-state index < -0.39 is 23.5 Å². The fourth-order valence-electron chi connectivity index (χ4n) is 3.94. The highest BCUT2D eigenvalue weighted by atomic mass is 19.4. The number of rotatable bonds is 2. The van der Waals surface area contributed by atoms with Gasteiger partial charge in [-0.1, -0.05) is 12.1 Å². The van der Waals surface area contributed by atoms with Crippen molar-refractivity contribution in [2.24, 2.45) is 0 Å². The van der Waals surface area contributed by atoms with Crippen molar-refractivity contribution in [2.45, 2.75) is 18.5 Å². The number of fused-ring (bicyclic) bond motifs is 1. The van der Waals surface area contributed by atoms with Gasteiger partial charge in [0.15, 0.2) is 0 Å². The number of hydrogen-bond donors (Lipinski definition) is 1. The van der Waals surface area contributed by atoms with Crippen LogP contribution in [0.4, 0.5) is 28.9 Å². The Labute approximate surface area is 170 Å². The molecule has 30 heavy (non-hydrogen) atoms. The van der Waals surface area contributed by atoms with Crippen LogP contribution in [0.5, 0.6) is 0 Å². The monoisotopic (exact) mass is 421 g/mol. The second-order valence-corrected chi connectivity index (χ2v) is 7.40. The Bertz CT molecular complexity index is 984. The predicted molar refractivity (Wildman–Crippen MR) is 103 cm³/mol. The average Bonchev–Trinajstić information content (AvgIpc) is 2.72. The minimum Gasteiger partial charge on any atom is -0.368 e. The number of nitrogens with zero attached hydrogens (tertiary/aromatic N) is 2. The minimum absolute atomic E-state index is 0.0225. The molecule has 5 nitrogen and oxygen atoms in total. The largest absolute Gasteiger partial charge is 0.416 e. The number of carbonyl (C=O) groups excluding carboxylic acids is 2. The predicted octanol–water partition coefficient (Wildman–Crippen LogP) is 3.62. The average molecular weight is 421 g/mol. The highest BCUT2D eigenvalue weighted by Crippen LogP contribution is 2.35. The van der Waals surface area contributed by atoms with Crippen molar-refractivity contribution in [3.63, 3.8) is 0 Å². The third kappa shape index (κ3) is 3.96. The molecular formula is C21H19F4N3O2. The summed E-state index contributed by atoms with van der Waals surface area (Å²) < 4.78 is 52.4. The topological polar surface area (TPSA) is 52.7 Å². The van der Waals surface area contributed by atoms with Crippen molar-refractivity contribution in [1.82, 2.24) is 4.90 Å². The van der Waals surface area contributed by atoms with E-state index in [0.29, 0.717) is 43.1 Å². The molecule has 1 fully saturated rings. The van der Waals surface area contributed by atoms with Crippen LogP contribution in [0.2, 0.25) is 0 Å². The van der Waals surface area contributed by atoms with Gasteiger partial charge in [0.1, 0.15) is 5.82 Å². The molecule has 2 heterocycles. The molecule has 4 rings (SSSR count). The number of anilines is 2. The lowest BCUT2D eigenvalue weighted by Gasteiger charge is -2.38. The number of carbonyl (C=O) groups is 2. The van der Waals surface area contributed by atoms with E-state index in [4.69, 9.17) is 0 Å². The summed E-state index contributed by atoms with van der Waals surface area (Å²) in [7, 11) is 0. The van der Waals surface area contributed by atoms with Crippen molar-refractivity contribution in [3.8, 4) is 0 Å². The molecule has 2 amide bonds. The molecule has 2 aromatic carbocycles. The normalized spacial score (nSPS) is 19.3. The SMILES string of the molecule is O=C1CC(C(=O)N2CCN(c3cccc(C(F)(F)F)c3)CC2)c2ccc(F)cc2N1. The summed E-state index contributed by atoms with van der Waals surface area (Å²) in [4.78, 5) is 28.5. The number of alkyl halides is 3. The standard InChI is InChI=1S/C21H19F4N3O2/c22-14-4-5-16-17(12-19(29)26-18(16)11-14)20(30)28-8-6-27(7-9-28)15-3-1-2-13(10-15)21(23,24)25/h1-5,10-11,17H,6-9,12H2,(H,26,29). The van der Waals surface area contributed by atoms with Crippen molar-refractivity contribution in [2.75, 3.05) is 36.4 Å². The summed E-state index contributed by atoms with van der Waals surface area (Å²) in [5.41, 5.74) is 0.610. The van der Waals surface area contributed by atoms with Crippen LogP contribution in [0, 0.1) is 5.82 Å². The molecular weight excluding hydrogens is 402 g/mol. The zero-order valence-electron chi connectivity index (χ0n) is 15.9. The molecule has 1 atom stereocenters. The summed E-state index contributed by atoms with van der Waals surface area (Å²) >= 11 is 0. The van der Waals surface area contributed by atoms with E-state index in [9.17, 15) is 27.2 Å². The highest BCUT2D eigenvalue weighted by Gasteiger charge is 2.35. The first-order valence-corrected chi connectivity index (χ1v) is 9.52. The molecule has 2 aromatic rings. The lowest BCUT2D eigenvalue weighted by Crippen LogP contribution is -2.50. The van der Waals surface area contributed by atoms with E-state index in [2.05, 4.69) is 5.32 Å². The van der Waals surface area contributed by atoms with Gasteiger partial charge in [-0.2, -0.15) is 13.2 Å². The van der Waals surface area contributed by atoms with E-state index in [-0.39, 0.29) is 18.2 Å². The first-order valence-electron chi connectivity index (χ1n) is 9.52. The summed E-state index contributed by atoms with van der Waals surface area (Å²) in [5, 5.41) is 2.58. The maximum atomic E-state index is 13.5. The first kappa shape index (κ1) is 20.2. The van der Waals surface area contributed by atoms with Crippen LogP contribution in [0.15, 0.2) is 42.5 Å². The molecule has 0 spiro atoms. The molecule has 0 saturated carbocycles. The Morgan fingerprint density at radius 2 is 1.77 bits per heavy atom. The van der Waals surface area contributed by atoms with Crippen molar-refractivity contribution < 1.29 is 27.2 Å². The van der Waals surface area contributed by atoms with Gasteiger partial charge in [-0.05, 0) is 35.9 Å². The van der Waals surface area contributed by atoms with Gasteiger partial charge in [-0.25, -0.2) is 4.39 Å². The van der Waals surface area contributed by atoms with Crippen LogP contribution in [0.1, 0.15) is 23.5 Å². The minimum atomic E-state index is -4.41. The number of amides is 2. The van der Waals surface area contributed by atoms with Crippen LogP contribution >= 0.6 is 0 Å². The Hall–Kier alpha value is -3.10. The Kier molecular flexibility index (Phi) is 5.13. The summed E-state index contributed by atoms with van der Waals surface area (Å²) in [6.07, 6.45) is -4.44. The van der Waals surface area contributed by atoms with E-state index in [0.717, 1.165) is 12.1 Å². The first-order chi connectivity index (χ1) is 14.2. The maximum absolute atomic E-state index is 13.5. The molecule has 1 saturated heterocycles. The quantitative estimate of drug-likeness (QED) is 0.754. The number of piperazine rings is 1. The van der Waals surface area contributed by atoms with Gasteiger partial charge in [-0.15, -0.1) is 0 Å². The van der Waals surface area contributed by atoms with Crippen molar-refractivity contribution >= 4 is 23.2 Å². The number of hydrogen-bond acceptors (Lipinski definition) is 3. The van der Waals surface area contributed by atoms with Crippen LogP contribution < -0.4 is 10.2 Å².